The molecule has 1 aliphatic heterocycles. The second kappa shape index (κ2) is 8.00. The lowest BCUT2D eigenvalue weighted by atomic mass is 10.1. The van der Waals surface area contributed by atoms with E-state index in [0.717, 1.165) is 49.2 Å². The van der Waals surface area contributed by atoms with Crippen LogP contribution in [0.3, 0.4) is 0 Å². The van der Waals surface area contributed by atoms with Gasteiger partial charge in [-0.15, -0.1) is 0 Å². The van der Waals surface area contributed by atoms with Crippen LogP contribution in [0.25, 0.3) is 0 Å². The fourth-order valence-electron chi connectivity index (χ4n) is 3.03. The van der Waals surface area contributed by atoms with Crippen LogP contribution in [-0.4, -0.2) is 40.1 Å². The summed E-state index contributed by atoms with van der Waals surface area (Å²) < 4.78 is 91.9. The van der Waals surface area contributed by atoms with Gasteiger partial charge in [-0.1, -0.05) is 12.1 Å². The summed E-state index contributed by atoms with van der Waals surface area (Å²) in [5.41, 5.74) is -2.12. The van der Waals surface area contributed by atoms with E-state index < -0.39 is 48.2 Å². The second-order valence-corrected chi connectivity index (χ2v) is 10.2. The summed E-state index contributed by atoms with van der Waals surface area (Å²) in [4.78, 5) is 11.6. The zero-order valence-electron chi connectivity index (χ0n) is 15.4. The standard InChI is InChI=1S/C18H17F3N2O5S2/c19-18(20,21)16-6-2-1-5-15(16)17(24)22-29(25,26)13-7-9-14(10-8-13)30(27,28)23-11-3-4-12-23/h1-2,5-10H,3-4,11-12H2,(H,22,24). The molecule has 1 amide bonds. The minimum Gasteiger partial charge on any atom is -0.268 e. The Morgan fingerprint density at radius 3 is 1.97 bits per heavy atom. The molecule has 1 aliphatic rings. The molecule has 3 rings (SSSR count). The SMILES string of the molecule is O=C(NS(=O)(=O)c1ccc(S(=O)(=O)N2CCCC2)cc1)c1ccccc1C(F)(F)F. The Morgan fingerprint density at radius 2 is 1.40 bits per heavy atom. The monoisotopic (exact) mass is 462 g/mol. The van der Waals surface area contributed by atoms with E-state index >= 15 is 0 Å². The zero-order valence-corrected chi connectivity index (χ0v) is 17.0. The minimum atomic E-state index is -4.84. The molecule has 12 heteroatoms. The van der Waals surface area contributed by atoms with Crippen LogP contribution in [0.5, 0.6) is 0 Å². The Bertz CT molecular complexity index is 1160. The molecule has 2 aromatic carbocycles. The minimum absolute atomic E-state index is 0.114. The lowest BCUT2D eigenvalue weighted by molar-refractivity contribution is -0.137. The fraction of sp³-hybridized carbons (Fsp3) is 0.278. The Labute approximate surface area is 171 Å². The number of benzene rings is 2. The topological polar surface area (TPSA) is 101 Å². The van der Waals surface area contributed by atoms with Gasteiger partial charge < -0.3 is 0 Å². The number of carbonyl (C=O) groups excluding carboxylic acids is 1. The number of hydrogen-bond donors (Lipinski definition) is 1. The first-order valence-electron chi connectivity index (χ1n) is 8.76. The maximum absolute atomic E-state index is 13.1. The lowest BCUT2D eigenvalue weighted by Gasteiger charge is -2.16. The van der Waals surface area contributed by atoms with Gasteiger partial charge in [-0.25, -0.2) is 21.6 Å². The lowest BCUT2D eigenvalue weighted by Crippen LogP contribution is -2.32. The molecule has 0 bridgehead atoms. The third-order valence-corrected chi connectivity index (χ3v) is 7.80. The van der Waals surface area contributed by atoms with E-state index in [1.54, 1.807) is 4.72 Å². The largest absolute Gasteiger partial charge is 0.417 e. The molecule has 1 fully saturated rings. The third-order valence-electron chi connectivity index (χ3n) is 4.54. The van der Waals surface area contributed by atoms with Gasteiger partial charge in [-0.05, 0) is 49.2 Å². The molecule has 0 radical (unpaired) electrons. The van der Waals surface area contributed by atoms with Crippen LogP contribution in [0.4, 0.5) is 13.2 Å². The Balaban J connectivity index is 1.84. The molecule has 1 heterocycles. The van der Waals surface area contributed by atoms with Crippen molar-refractivity contribution in [2.45, 2.75) is 28.8 Å². The van der Waals surface area contributed by atoms with Crippen LogP contribution in [-0.2, 0) is 26.2 Å². The van der Waals surface area contributed by atoms with Crippen molar-refractivity contribution < 1.29 is 34.8 Å². The summed E-state index contributed by atoms with van der Waals surface area (Å²) in [6.45, 7) is 0.744. The van der Waals surface area contributed by atoms with Crippen molar-refractivity contribution in [3.8, 4) is 0 Å². The van der Waals surface area contributed by atoms with E-state index in [0.29, 0.717) is 19.2 Å². The Kier molecular flexibility index (Phi) is 5.94. The van der Waals surface area contributed by atoms with E-state index in [2.05, 4.69) is 0 Å². The summed E-state index contributed by atoms with van der Waals surface area (Å²) in [6, 6.07) is 7.90. The summed E-state index contributed by atoms with van der Waals surface area (Å²) in [5, 5.41) is 0. The molecule has 30 heavy (non-hydrogen) atoms. The van der Waals surface area contributed by atoms with Gasteiger partial charge in [-0.3, -0.25) is 4.79 Å². The number of sulfonamides is 2. The molecule has 0 aliphatic carbocycles. The van der Waals surface area contributed by atoms with Crippen LogP contribution in [0.2, 0.25) is 0 Å². The number of alkyl halides is 3. The summed E-state index contributed by atoms with van der Waals surface area (Å²) in [6.07, 6.45) is -3.38. The Morgan fingerprint density at radius 1 is 0.867 bits per heavy atom. The van der Waals surface area contributed by atoms with Crippen molar-refractivity contribution in [1.29, 1.82) is 0 Å². The van der Waals surface area contributed by atoms with Crippen molar-refractivity contribution in [3.05, 3.63) is 59.7 Å². The van der Waals surface area contributed by atoms with Crippen LogP contribution in [0, 0.1) is 0 Å². The Hall–Kier alpha value is -2.44. The van der Waals surface area contributed by atoms with Gasteiger partial charge >= 0.3 is 6.18 Å². The summed E-state index contributed by atoms with van der Waals surface area (Å²) >= 11 is 0. The zero-order chi connectivity index (χ0) is 22.2. The predicted octanol–water partition coefficient (Wildman–Crippen LogP) is 2.61. The number of carbonyl (C=O) groups is 1. The van der Waals surface area contributed by atoms with Crippen molar-refractivity contribution in [3.63, 3.8) is 0 Å². The number of rotatable bonds is 5. The number of hydrogen-bond acceptors (Lipinski definition) is 5. The highest BCUT2D eigenvalue weighted by atomic mass is 32.2. The molecule has 0 unspecified atom stereocenters. The van der Waals surface area contributed by atoms with Gasteiger partial charge in [0.25, 0.3) is 15.9 Å². The van der Waals surface area contributed by atoms with Gasteiger partial charge in [0.05, 0.1) is 20.9 Å². The number of halogens is 3. The normalized spacial score (nSPS) is 15.8. The van der Waals surface area contributed by atoms with Gasteiger partial charge in [-0.2, -0.15) is 17.5 Å². The smallest absolute Gasteiger partial charge is 0.268 e. The summed E-state index contributed by atoms with van der Waals surface area (Å²) in [7, 11) is -8.29. The summed E-state index contributed by atoms with van der Waals surface area (Å²) in [5.74, 6) is -1.45. The van der Waals surface area contributed by atoms with Gasteiger partial charge in [0, 0.05) is 13.1 Å². The molecule has 1 saturated heterocycles. The van der Waals surface area contributed by atoms with Gasteiger partial charge in [0.15, 0.2) is 0 Å². The molecule has 0 aromatic heterocycles. The average molecular weight is 462 g/mol. The van der Waals surface area contributed by atoms with Crippen molar-refractivity contribution in [1.82, 2.24) is 9.03 Å². The van der Waals surface area contributed by atoms with Gasteiger partial charge in [0.2, 0.25) is 10.0 Å². The van der Waals surface area contributed by atoms with Crippen LogP contribution in [0.1, 0.15) is 28.8 Å². The molecular formula is C18H17F3N2O5S2. The second-order valence-electron chi connectivity index (χ2n) is 6.56. The molecule has 1 N–H and O–H groups in total. The highest BCUT2D eigenvalue weighted by molar-refractivity contribution is 7.90. The first-order chi connectivity index (χ1) is 13.9. The molecule has 0 spiro atoms. The maximum atomic E-state index is 13.1. The molecule has 0 saturated carbocycles. The van der Waals surface area contributed by atoms with E-state index in [9.17, 15) is 34.8 Å². The van der Waals surface area contributed by atoms with E-state index in [1.807, 2.05) is 0 Å². The molecule has 0 atom stereocenters. The number of nitrogens with zero attached hydrogens (tertiary/aromatic N) is 1. The van der Waals surface area contributed by atoms with Crippen molar-refractivity contribution >= 4 is 26.0 Å². The van der Waals surface area contributed by atoms with Crippen molar-refractivity contribution in [2.75, 3.05) is 13.1 Å². The third kappa shape index (κ3) is 4.50. The first-order valence-corrected chi connectivity index (χ1v) is 11.7. The average Bonchev–Trinajstić information content (AvgIpc) is 3.23. The highest BCUT2D eigenvalue weighted by Crippen LogP contribution is 2.32. The highest BCUT2D eigenvalue weighted by Gasteiger charge is 2.35. The van der Waals surface area contributed by atoms with Crippen LogP contribution >= 0.6 is 0 Å². The maximum Gasteiger partial charge on any atom is 0.417 e. The number of amides is 1. The quantitative estimate of drug-likeness (QED) is 0.736. The van der Waals surface area contributed by atoms with E-state index in [-0.39, 0.29) is 4.90 Å². The predicted molar refractivity (Wildman–Crippen MR) is 101 cm³/mol. The molecule has 2 aromatic rings. The molecular weight excluding hydrogens is 445 g/mol. The van der Waals surface area contributed by atoms with Crippen LogP contribution in [0.15, 0.2) is 58.3 Å². The number of nitrogens with one attached hydrogen (secondary N) is 1. The van der Waals surface area contributed by atoms with E-state index in [4.69, 9.17) is 0 Å². The van der Waals surface area contributed by atoms with Gasteiger partial charge in [0.1, 0.15) is 0 Å². The van der Waals surface area contributed by atoms with Crippen molar-refractivity contribution in [2.24, 2.45) is 0 Å². The molecule has 7 nitrogen and oxygen atoms in total. The molecule has 162 valence electrons. The first kappa shape index (κ1) is 22.2. The van der Waals surface area contributed by atoms with E-state index in [1.165, 1.54) is 10.4 Å². The fourth-order valence-corrected chi connectivity index (χ4v) is 5.52. The van der Waals surface area contributed by atoms with Crippen LogP contribution < -0.4 is 4.72 Å².